The number of nitrogen functional groups attached to an aromatic ring is 1. The molecule has 1 aromatic rings. The summed E-state index contributed by atoms with van der Waals surface area (Å²) in [5.41, 5.74) is 5.51. The summed E-state index contributed by atoms with van der Waals surface area (Å²) in [7, 11) is -4.78. The largest absolute Gasteiger partial charge is 0.469 e. The topological polar surface area (TPSA) is 203 Å². The van der Waals surface area contributed by atoms with Crippen molar-refractivity contribution in [2.45, 2.75) is 24.5 Å². The van der Waals surface area contributed by atoms with Crippen LogP contribution < -0.4 is 5.73 Å². The molecule has 0 saturated carbocycles. The minimum atomic E-state index is -4.78. The minimum absolute atomic E-state index is 0.405. The van der Waals surface area contributed by atoms with Crippen molar-refractivity contribution >= 4 is 19.5 Å². The number of hydrogen-bond acceptors (Lipinski definition) is 9. The van der Waals surface area contributed by atoms with Crippen molar-refractivity contribution in [2.75, 3.05) is 12.3 Å². The summed E-state index contributed by atoms with van der Waals surface area (Å²) in [5.74, 6) is -1.06. The summed E-state index contributed by atoms with van der Waals surface area (Å²) in [6, 6.07) is 0. The number of aliphatic hydroxyl groups excluding tert-OH is 2. The Morgan fingerprint density at radius 3 is 2.64 bits per heavy atom. The smallest absolute Gasteiger partial charge is 0.387 e. The highest BCUT2D eigenvalue weighted by Crippen LogP contribution is 2.39. The van der Waals surface area contributed by atoms with Crippen molar-refractivity contribution in [1.29, 1.82) is 0 Å². The lowest BCUT2D eigenvalue weighted by atomic mass is 10.1. The second-order valence-corrected chi connectivity index (χ2v) is 5.69. The number of ether oxygens (including phenoxy) is 1. The Morgan fingerprint density at radius 1 is 1.50 bits per heavy atom. The highest BCUT2D eigenvalue weighted by atomic mass is 31.2. The number of hydrogen-bond donors (Lipinski definition) is 5. The fraction of sp³-hybridized carbons (Fsp3) is 0.625. The van der Waals surface area contributed by atoms with Gasteiger partial charge in [-0.15, -0.1) is 0 Å². The second kappa shape index (κ2) is 5.89. The molecule has 14 heteroatoms. The molecule has 6 N–H and O–H groups in total. The first-order valence-electron chi connectivity index (χ1n) is 5.80. The number of nitrogens with zero attached hydrogens (tertiary/aromatic N) is 3. The highest BCUT2D eigenvalue weighted by molar-refractivity contribution is 7.46. The van der Waals surface area contributed by atoms with Gasteiger partial charge in [-0.3, -0.25) is 9.09 Å². The van der Waals surface area contributed by atoms with Crippen LogP contribution in [0.3, 0.4) is 0 Å². The molecule has 4 atom stereocenters. The first kappa shape index (κ1) is 16.8. The normalized spacial score (nSPS) is 28.9. The number of nitro groups is 1. The van der Waals surface area contributed by atoms with Gasteiger partial charge >= 0.3 is 13.6 Å². The first-order chi connectivity index (χ1) is 10.1. The van der Waals surface area contributed by atoms with Gasteiger partial charge in [-0.1, -0.05) is 0 Å². The number of rotatable bonds is 5. The van der Waals surface area contributed by atoms with Crippen LogP contribution >= 0.6 is 7.82 Å². The van der Waals surface area contributed by atoms with E-state index in [2.05, 4.69) is 9.51 Å². The van der Waals surface area contributed by atoms with Crippen LogP contribution in [0.15, 0.2) is 6.33 Å². The number of aromatic nitrogens is 2. The molecule has 0 unspecified atom stereocenters. The van der Waals surface area contributed by atoms with E-state index in [-0.39, 0.29) is 0 Å². The van der Waals surface area contributed by atoms with Crippen LogP contribution in [0.2, 0.25) is 0 Å². The van der Waals surface area contributed by atoms with Crippen molar-refractivity contribution < 1.29 is 38.7 Å². The number of aliphatic hydroxyl groups is 2. The Morgan fingerprint density at radius 2 is 2.14 bits per heavy atom. The minimum Gasteiger partial charge on any atom is -0.387 e. The van der Waals surface area contributed by atoms with Gasteiger partial charge < -0.3 is 40.6 Å². The molecule has 13 nitrogen and oxygen atoms in total. The Kier molecular flexibility index (Phi) is 4.49. The zero-order valence-corrected chi connectivity index (χ0v) is 11.7. The summed E-state index contributed by atoms with van der Waals surface area (Å²) in [6.07, 6.45) is -4.74. The van der Waals surface area contributed by atoms with Crippen LogP contribution in [0.4, 0.5) is 11.6 Å². The number of phosphoric acid groups is 1. The van der Waals surface area contributed by atoms with E-state index in [0.29, 0.717) is 0 Å². The maximum Gasteiger partial charge on any atom is 0.469 e. The van der Waals surface area contributed by atoms with E-state index in [0.717, 1.165) is 10.9 Å². The molecule has 1 aliphatic heterocycles. The molecule has 22 heavy (non-hydrogen) atoms. The zero-order valence-electron chi connectivity index (χ0n) is 10.8. The number of anilines is 1. The fourth-order valence-corrected chi connectivity index (χ4v) is 2.31. The Labute approximate surface area is 122 Å². The third-order valence-electron chi connectivity index (χ3n) is 3.00. The van der Waals surface area contributed by atoms with Gasteiger partial charge in [0.1, 0.15) is 18.3 Å². The highest BCUT2D eigenvalue weighted by Gasteiger charge is 2.46. The first-order valence-corrected chi connectivity index (χ1v) is 7.33. The summed E-state index contributed by atoms with van der Waals surface area (Å²) in [4.78, 5) is 30.5. The van der Waals surface area contributed by atoms with Gasteiger partial charge in [0.25, 0.3) is 0 Å². The predicted molar refractivity (Wildman–Crippen MR) is 67.2 cm³/mol. The molecular formula is C8H13N4O9P. The molecule has 0 radical (unpaired) electrons. The van der Waals surface area contributed by atoms with Crippen LogP contribution in [-0.2, 0) is 13.8 Å². The molecule has 2 rings (SSSR count). The van der Waals surface area contributed by atoms with Crippen molar-refractivity contribution in [2.24, 2.45) is 0 Å². The van der Waals surface area contributed by atoms with E-state index in [4.69, 9.17) is 20.3 Å². The van der Waals surface area contributed by atoms with E-state index < -0.39 is 55.5 Å². The van der Waals surface area contributed by atoms with Gasteiger partial charge in [0.05, 0.1) is 6.61 Å². The van der Waals surface area contributed by atoms with Crippen LogP contribution in [0.5, 0.6) is 0 Å². The van der Waals surface area contributed by atoms with E-state index in [9.17, 15) is 24.9 Å². The third kappa shape index (κ3) is 3.25. The molecule has 2 heterocycles. The fourth-order valence-electron chi connectivity index (χ4n) is 1.97. The molecule has 1 aromatic heterocycles. The van der Waals surface area contributed by atoms with Gasteiger partial charge in [-0.2, -0.15) is 0 Å². The number of nitrogens with two attached hydrogens (primary N) is 1. The summed E-state index contributed by atoms with van der Waals surface area (Å²) < 4.78 is 20.9. The van der Waals surface area contributed by atoms with E-state index in [1.807, 2.05) is 0 Å². The monoisotopic (exact) mass is 340 g/mol. The molecule has 0 aliphatic carbocycles. The Balaban J connectivity index is 2.16. The lowest BCUT2D eigenvalue weighted by Gasteiger charge is -2.16. The third-order valence-corrected chi connectivity index (χ3v) is 3.49. The van der Waals surface area contributed by atoms with E-state index in [1.54, 1.807) is 0 Å². The lowest BCUT2D eigenvalue weighted by Crippen LogP contribution is -2.33. The van der Waals surface area contributed by atoms with E-state index >= 15 is 0 Å². The van der Waals surface area contributed by atoms with Crippen LogP contribution in [-0.4, -0.2) is 59.4 Å². The summed E-state index contributed by atoms with van der Waals surface area (Å²) >= 11 is 0. The molecule has 0 amide bonds. The van der Waals surface area contributed by atoms with Crippen LogP contribution in [0, 0.1) is 10.1 Å². The zero-order chi connectivity index (χ0) is 16.7. The average molecular weight is 340 g/mol. The van der Waals surface area contributed by atoms with Crippen molar-refractivity contribution in [3.63, 3.8) is 0 Å². The molecule has 0 spiro atoms. The predicted octanol–water partition coefficient (Wildman–Crippen LogP) is -1.90. The van der Waals surface area contributed by atoms with Crippen molar-refractivity contribution in [1.82, 2.24) is 9.55 Å². The maximum absolute atomic E-state index is 10.7. The molecule has 0 aromatic carbocycles. The maximum atomic E-state index is 10.7. The number of imidazole rings is 1. The molecule has 1 aliphatic rings. The molecule has 1 fully saturated rings. The molecule has 1 saturated heterocycles. The Hall–Kier alpha value is -1.60. The molecule has 124 valence electrons. The second-order valence-electron chi connectivity index (χ2n) is 4.45. The lowest BCUT2D eigenvalue weighted by molar-refractivity contribution is -0.388. The van der Waals surface area contributed by atoms with Gasteiger partial charge in [0, 0.05) is 0 Å². The summed E-state index contributed by atoms with van der Waals surface area (Å²) in [5, 5.41) is 30.3. The quantitative estimate of drug-likeness (QED) is 0.227. The van der Waals surface area contributed by atoms with E-state index in [1.165, 1.54) is 0 Å². The van der Waals surface area contributed by atoms with Gasteiger partial charge in [-0.25, -0.2) is 4.57 Å². The van der Waals surface area contributed by atoms with Gasteiger partial charge in [-0.05, 0) is 9.91 Å². The SMILES string of the molecule is Nc1c([N+](=O)[O-])ncn1[C@@H]1O[C@H](COP(=O)(O)O)[C@@H](O)[C@H]1O. The van der Waals surface area contributed by atoms with Crippen molar-refractivity contribution in [3.8, 4) is 0 Å². The average Bonchev–Trinajstić information content (AvgIpc) is 2.90. The summed E-state index contributed by atoms with van der Waals surface area (Å²) in [6.45, 7) is -0.699. The molecular weight excluding hydrogens is 327 g/mol. The van der Waals surface area contributed by atoms with Crippen molar-refractivity contribution in [3.05, 3.63) is 16.4 Å². The molecule has 0 bridgehead atoms. The standard InChI is InChI=1S/C8H13N4O9P/c9-6-7(12(15)16)10-2-11(6)8-5(14)4(13)3(21-8)1-20-22(17,18)19/h2-5,8,13-14H,1,9H2,(H2,17,18,19)/t3-,4-,5-,8-/m1/s1. The van der Waals surface area contributed by atoms with Crippen LogP contribution in [0.1, 0.15) is 6.23 Å². The van der Waals surface area contributed by atoms with Gasteiger partial charge in [0.15, 0.2) is 6.23 Å². The Bertz CT molecular complexity index is 615. The number of phosphoric ester groups is 1. The van der Waals surface area contributed by atoms with Gasteiger partial charge in [0.2, 0.25) is 12.1 Å². The van der Waals surface area contributed by atoms with Crippen LogP contribution in [0.25, 0.3) is 0 Å².